The van der Waals surface area contributed by atoms with Gasteiger partial charge in [0.15, 0.2) is 5.58 Å². The smallest absolute Gasteiger partial charge is 0.408 e. The lowest BCUT2D eigenvalue weighted by molar-refractivity contribution is 0.0954. The number of amides is 1. The van der Waals surface area contributed by atoms with Crippen LogP contribution in [0.15, 0.2) is 51.7 Å². The highest BCUT2D eigenvalue weighted by molar-refractivity contribution is 6.30. The van der Waals surface area contributed by atoms with Crippen molar-refractivity contribution in [2.45, 2.75) is 6.42 Å². The molecule has 1 heterocycles. The minimum absolute atomic E-state index is 0.147. The third-order valence-electron chi connectivity index (χ3n) is 3.29. The van der Waals surface area contributed by atoms with E-state index in [2.05, 4.69) is 10.3 Å². The lowest BCUT2D eigenvalue weighted by Crippen LogP contribution is -2.25. The molecule has 0 aliphatic heterocycles. The van der Waals surface area contributed by atoms with Gasteiger partial charge in [0, 0.05) is 17.1 Å². The monoisotopic (exact) mass is 316 g/mol. The predicted molar refractivity (Wildman–Crippen MR) is 84.3 cm³/mol. The van der Waals surface area contributed by atoms with Gasteiger partial charge in [0.1, 0.15) is 0 Å². The standard InChI is InChI=1S/C16H13ClN2O3/c17-12-4-2-11(3-5-12)15(20)18-8-7-10-1-6-13-14(9-10)22-16(21)19-13/h1-6,9H,7-8H2,(H,18,20)(H,19,21). The topological polar surface area (TPSA) is 75.1 Å². The van der Waals surface area contributed by atoms with Crippen LogP contribution in [0.3, 0.4) is 0 Å². The van der Waals surface area contributed by atoms with E-state index in [4.69, 9.17) is 16.0 Å². The van der Waals surface area contributed by atoms with Crippen molar-refractivity contribution in [3.8, 4) is 0 Å². The molecule has 0 bridgehead atoms. The number of halogens is 1. The molecule has 2 N–H and O–H groups in total. The van der Waals surface area contributed by atoms with Gasteiger partial charge in [-0.3, -0.25) is 9.78 Å². The molecule has 0 radical (unpaired) electrons. The second-order valence-electron chi connectivity index (χ2n) is 4.86. The zero-order valence-corrected chi connectivity index (χ0v) is 12.3. The summed E-state index contributed by atoms with van der Waals surface area (Å²) in [5.41, 5.74) is 2.73. The summed E-state index contributed by atoms with van der Waals surface area (Å²) in [5, 5.41) is 3.43. The molecule has 3 rings (SSSR count). The highest BCUT2D eigenvalue weighted by Gasteiger charge is 2.06. The summed E-state index contributed by atoms with van der Waals surface area (Å²) in [6.45, 7) is 0.488. The van der Waals surface area contributed by atoms with Gasteiger partial charge in [-0.1, -0.05) is 17.7 Å². The number of H-pyrrole nitrogens is 1. The molecule has 0 aliphatic rings. The first-order valence-electron chi connectivity index (χ1n) is 6.77. The second kappa shape index (κ2) is 6.07. The van der Waals surface area contributed by atoms with Crippen molar-refractivity contribution in [1.82, 2.24) is 10.3 Å². The van der Waals surface area contributed by atoms with Gasteiger partial charge in [0.2, 0.25) is 0 Å². The second-order valence-corrected chi connectivity index (χ2v) is 5.29. The Bertz CT molecular complexity index is 865. The summed E-state index contributed by atoms with van der Waals surface area (Å²) in [4.78, 5) is 25.6. The van der Waals surface area contributed by atoms with Crippen molar-refractivity contribution in [3.05, 3.63) is 69.2 Å². The zero-order valence-electron chi connectivity index (χ0n) is 11.6. The van der Waals surface area contributed by atoms with Crippen LogP contribution < -0.4 is 11.1 Å². The zero-order chi connectivity index (χ0) is 15.5. The fourth-order valence-corrected chi connectivity index (χ4v) is 2.29. The summed E-state index contributed by atoms with van der Waals surface area (Å²) in [6, 6.07) is 12.2. The van der Waals surface area contributed by atoms with Crippen LogP contribution in [0, 0.1) is 0 Å². The molecule has 0 spiro atoms. The fourth-order valence-electron chi connectivity index (χ4n) is 2.17. The molecule has 0 fully saturated rings. The Balaban J connectivity index is 1.60. The highest BCUT2D eigenvalue weighted by atomic mass is 35.5. The van der Waals surface area contributed by atoms with Gasteiger partial charge >= 0.3 is 5.76 Å². The van der Waals surface area contributed by atoms with Gasteiger partial charge in [0.05, 0.1) is 5.52 Å². The largest absolute Gasteiger partial charge is 0.417 e. The fraction of sp³-hybridized carbons (Fsp3) is 0.125. The molecular weight excluding hydrogens is 304 g/mol. The van der Waals surface area contributed by atoms with Crippen LogP contribution in [-0.4, -0.2) is 17.4 Å². The molecule has 0 atom stereocenters. The van der Waals surface area contributed by atoms with E-state index >= 15 is 0 Å². The number of aromatic amines is 1. The number of carbonyl (C=O) groups is 1. The normalized spacial score (nSPS) is 10.8. The van der Waals surface area contributed by atoms with E-state index in [1.807, 2.05) is 6.07 Å². The molecule has 112 valence electrons. The molecule has 22 heavy (non-hydrogen) atoms. The number of aromatic nitrogens is 1. The van der Waals surface area contributed by atoms with Crippen molar-refractivity contribution in [2.75, 3.05) is 6.54 Å². The summed E-state index contributed by atoms with van der Waals surface area (Å²) in [7, 11) is 0. The Labute approximate surface area is 130 Å². The van der Waals surface area contributed by atoms with E-state index in [0.29, 0.717) is 34.7 Å². The number of nitrogens with one attached hydrogen (secondary N) is 2. The van der Waals surface area contributed by atoms with Gasteiger partial charge in [-0.2, -0.15) is 0 Å². The van der Waals surface area contributed by atoms with Crippen LogP contribution in [0.5, 0.6) is 0 Å². The Hall–Kier alpha value is -2.53. The Morgan fingerprint density at radius 2 is 1.95 bits per heavy atom. The Morgan fingerprint density at radius 1 is 1.18 bits per heavy atom. The van der Waals surface area contributed by atoms with E-state index < -0.39 is 5.76 Å². The molecule has 6 heteroatoms. The Kier molecular flexibility index (Phi) is 3.98. The number of carbonyl (C=O) groups excluding carboxylic acids is 1. The summed E-state index contributed by atoms with van der Waals surface area (Å²) >= 11 is 5.78. The summed E-state index contributed by atoms with van der Waals surface area (Å²) in [6.07, 6.45) is 0.643. The van der Waals surface area contributed by atoms with Gasteiger partial charge in [-0.15, -0.1) is 0 Å². The van der Waals surface area contributed by atoms with Crippen LogP contribution in [-0.2, 0) is 6.42 Å². The van der Waals surface area contributed by atoms with E-state index in [1.54, 1.807) is 36.4 Å². The predicted octanol–water partition coefficient (Wildman–Crippen LogP) is 2.75. The number of hydrogen-bond acceptors (Lipinski definition) is 3. The van der Waals surface area contributed by atoms with Crippen molar-refractivity contribution < 1.29 is 9.21 Å². The molecule has 1 aromatic heterocycles. The van der Waals surface area contributed by atoms with E-state index in [1.165, 1.54) is 0 Å². The lowest BCUT2D eigenvalue weighted by Gasteiger charge is -2.05. The molecule has 1 amide bonds. The van der Waals surface area contributed by atoms with Crippen LogP contribution >= 0.6 is 11.6 Å². The molecular formula is C16H13ClN2O3. The number of fused-ring (bicyclic) bond motifs is 1. The van der Waals surface area contributed by atoms with E-state index in [-0.39, 0.29) is 5.91 Å². The summed E-state index contributed by atoms with van der Waals surface area (Å²) in [5.74, 6) is -0.617. The SMILES string of the molecule is O=C(NCCc1ccc2[nH]c(=O)oc2c1)c1ccc(Cl)cc1. The molecule has 0 saturated heterocycles. The van der Waals surface area contributed by atoms with Crippen LogP contribution in [0.1, 0.15) is 15.9 Å². The summed E-state index contributed by atoms with van der Waals surface area (Å²) < 4.78 is 5.01. The lowest BCUT2D eigenvalue weighted by atomic mass is 10.1. The molecule has 2 aromatic carbocycles. The number of benzene rings is 2. The number of hydrogen-bond donors (Lipinski definition) is 2. The van der Waals surface area contributed by atoms with Crippen molar-refractivity contribution >= 4 is 28.6 Å². The van der Waals surface area contributed by atoms with Gasteiger partial charge in [-0.05, 0) is 48.4 Å². The first kappa shape index (κ1) is 14.4. The quantitative estimate of drug-likeness (QED) is 0.777. The molecule has 0 aliphatic carbocycles. The third-order valence-corrected chi connectivity index (χ3v) is 3.54. The van der Waals surface area contributed by atoms with Gasteiger partial charge < -0.3 is 9.73 Å². The first-order chi connectivity index (χ1) is 10.6. The molecule has 3 aromatic rings. The minimum Gasteiger partial charge on any atom is -0.408 e. The maximum Gasteiger partial charge on any atom is 0.417 e. The maximum atomic E-state index is 11.9. The average molecular weight is 317 g/mol. The molecule has 0 unspecified atom stereocenters. The third kappa shape index (κ3) is 3.20. The maximum absolute atomic E-state index is 11.9. The van der Waals surface area contributed by atoms with E-state index in [9.17, 15) is 9.59 Å². The van der Waals surface area contributed by atoms with E-state index in [0.717, 1.165) is 5.56 Å². The highest BCUT2D eigenvalue weighted by Crippen LogP contribution is 2.13. The van der Waals surface area contributed by atoms with Crippen molar-refractivity contribution in [2.24, 2.45) is 0 Å². The van der Waals surface area contributed by atoms with Crippen molar-refractivity contribution in [3.63, 3.8) is 0 Å². The molecule has 0 saturated carbocycles. The van der Waals surface area contributed by atoms with Crippen molar-refractivity contribution in [1.29, 1.82) is 0 Å². The number of oxazole rings is 1. The van der Waals surface area contributed by atoms with Crippen LogP contribution in [0.25, 0.3) is 11.1 Å². The van der Waals surface area contributed by atoms with Gasteiger partial charge in [-0.25, -0.2) is 4.79 Å². The number of rotatable bonds is 4. The Morgan fingerprint density at radius 3 is 2.73 bits per heavy atom. The van der Waals surface area contributed by atoms with Crippen LogP contribution in [0.4, 0.5) is 0 Å². The van der Waals surface area contributed by atoms with Crippen LogP contribution in [0.2, 0.25) is 5.02 Å². The minimum atomic E-state index is -0.469. The first-order valence-corrected chi connectivity index (χ1v) is 7.15. The molecule has 5 nitrogen and oxygen atoms in total. The average Bonchev–Trinajstić information content (AvgIpc) is 2.87. The van der Waals surface area contributed by atoms with Gasteiger partial charge in [0.25, 0.3) is 5.91 Å².